The van der Waals surface area contributed by atoms with Gasteiger partial charge in [0.1, 0.15) is 12.0 Å². The molecule has 2 heterocycles. The van der Waals surface area contributed by atoms with Gasteiger partial charge < -0.3 is 0 Å². The highest BCUT2D eigenvalue weighted by atomic mass is 79.9. The van der Waals surface area contributed by atoms with E-state index in [9.17, 15) is 0 Å². The molecule has 2 aromatic rings. The first-order valence-corrected chi connectivity index (χ1v) is 4.58. The van der Waals surface area contributed by atoms with Crippen molar-refractivity contribution in [2.75, 3.05) is 0 Å². The van der Waals surface area contributed by atoms with Crippen LogP contribution in [0, 0.1) is 4.77 Å². The fourth-order valence-corrected chi connectivity index (χ4v) is 1.42. The average Bonchev–Trinajstić information content (AvgIpc) is 2.53. The molecular weight excluding hydrogens is 254 g/mol. The van der Waals surface area contributed by atoms with Gasteiger partial charge in [-0.25, -0.2) is 9.97 Å². The van der Waals surface area contributed by atoms with Crippen molar-refractivity contribution in [3.8, 4) is 11.5 Å². The van der Waals surface area contributed by atoms with Crippen molar-refractivity contribution in [1.82, 2.24) is 25.1 Å². The molecule has 2 rings (SSSR count). The number of aromatic amines is 2. The molecule has 0 bridgehead atoms. The lowest BCUT2D eigenvalue weighted by Gasteiger charge is -1.95. The van der Waals surface area contributed by atoms with Crippen molar-refractivity contribution in [2.45, 2.75) is 0 Å². The third-order valence-electron chi connectivity index (χ3n) is 1.39. The lowest BCUT2D eigenvalue weighted by atomic mass is 10.4. The third-order valence-corrected chi connectivity index (χ3v) is 2.17. The van der Waals surface area contributed by atoms with Gasteiger partial charge in [-0.05, 0) is 28.1 Å². The minimum atomic E-state index is 0.403. The minimum Gasteiger partial charge on any atom is -0.280 e. The number of rotatable bonds is 1. The molecule has 2 aromatic heterocycles. The van der Waals surface area contributed by atoms with Crippen molar-refractivity contribution < 1.29 is 0 Å². The lowest BCUT2D eigenvalue weighted by molar-refractivity contribution is 1.06. The van der Waals surface area contributed by atoms with Crippen molar-refractivity contribution >= 4 is 28.1 Å². The summed E-state index contributed by atoms with van der Waals surface area (Å²) in [6.07, 6.45) is 3.10. The molecule has 0 radical (unpaired) electrons. The van der Waals surface area contributed by atoms with Crippen LogP contribution in [-0.4, -0.2) is 25.1 Å². The highest BCUT2D eigenvalue weighted by Gasteiger charge is 2.06. The van der Waals surface area contributed by atoms with Gasteiger partial charge >= 0.3 is 0 Å². The van der Waals surface area contributed by atoms with Crippen molar-refractivity contribution in [2.24, 2.45) is 0 Å². The van der Waals surface area contributed by atoms with E-state index in [1.807, 2.05) is 0 Å². The Morgan fingerprint density at radius 2 is 2.23 bits per heavy atom. The monoisotopic (exact) mass is 257 g/mol. The quantitative estimate of drug-likeness (QED) is 0.763. The van der Waals surface area contributed by atoms with Gasteiger partial charge in [0.25, 0.3) is 0 Å². The zero-order chi connectivity index (χ0) is 9.26. The van der Waals surface area contributed by atoms with Crippen molar-refractivity contribution in [1.29, 1.82) is 0 Å². The topological polar surface area (TPSA) is 70.2 Å². The van der Waals surface area contributed by atoms with E-state index < -0.39 is 0 Å². The third kappa shape index (κ3) is 1.65. The summed E-state index contributed by atoms with van der Waals surface area (Å²) in [7, 11) is 0. The maximum atomic E-state index is 4.82. The van der Waals surface area contributed by atoms with Crippen molar-refractivity contribution in [3.05, 3.63) is 21.8 Å². The van der Waals surface area contributed by atoms with Crippen LogP contribution < -0.4 is 0 Å². The Hall–Kier alpha value is -1.08. The molecule has 7 heteroatoms. The number of halogens is 1. The van der Waals surface area contributed by atoms with Gasteiger partial charge in [-0.15, -0.1) is 0 Å². The van der Waals surface area contributed by atoms with Crippen LogP contribution in [0.5, 0.6) is 0 Å². The van der Waals surface area contributed by atoms with Crippen LogP contribution in [0.3, 0.4) is 0 Å². The summed E-state index contributed by atoms with van der Waals surface area (Å²) in [5.41, 5.74) is 0.683. The van der Waals surface area contributed by atoms with E-state index in [0.29, 0.717) is 16.3 Å². The van der Waals surface area contributed by atoms with E-state index in [-0.39, 0.29) is 0 Å². The molecule has 0 unspecified atom stereocenters. The van der Waals surface area contributed by atoms with Crippen LogP contribution >= 0.6 is 28.1 Å². The number of hydrogen-bond acceptors (Lipinski definition) is 4. The molecule has 66 valence electrons. The summed E-state index contributed by atoms with van der Waals surface area (Å²) in [6.45, 7) is 0. The highest BCUT2D eigenvalue weighted by molar-refractivity contribution is 9.10. The Labute approximate surface area is 86.8 Å². The van der Waals surface area contributed by atoms with E-state index in [2.05, 4.69) is 41.1 Å². The van der Waals surface area contributed by atoms with Crippen LogP contribution in [0.25, 0.3) is 11.5 Å². The van der Waals surface area contributed by atoms with E-state index >= 15 is 0 Å². The van der Waals surface area contributed by atoms with Gasteiger partial charge in [0.05, 0.1) is 4.47 Å². The molecule has 0 fully saturated rings. The molecule has 0 saturated heterocycles. The fraction of sp³-hybridized carbons (Fsp3) is 0. The first kappa shape index (κ1) is 8.52. The summed E-state index contributed by atoms with van der Waals surface area (Å²) in [5.74, 6) is 0.597. The van der Waals surface area contributed by atoms with Crippen LogP contribution in [0.1, 0.15) is 0 Å². The molecule has 0 spiro atoms. The largest absolute Gasteiger partial charge is 0.280 e. The second-order valence-corrected chi connectivity index (χ2v) is 3.48. The van der Waals surface area contributed by atoms with E-state index in [4.69, 9.17) is 12.2 Å². The zero-order valence-electron chi connectivity index (χ0n) is 6.28. The summed E-state index contributed by atoms with van der Waals surface area (Å²) in [4.78, 5) is 11.9. The summed E-state index contributed by atoms with van der Waals surface area (Å²) < 4.78 is 1.17. The smallest absolute Gasteiger partial charge is 0.213 e. The Morgan fingerprint density at radius 1 is 1.38 bits per heavy atom. The SMILES string of the molecule is S=c1nc(-c2ncncc2Br)[nH][nH]1. The maximum Gasteiger partial charge on any atom is 0.213 e. The second kappa shape index (κ2) is 3.35. The molecule has 2 N–H and O–H groups in total. The van der Waals surface area contributed by atoms with E-state index in [1.54, 1.807) is 6.20 Å². The summed E-state index contributed by atoms with van der Waals surface area (Å²) >= 11 is 8.13. The molecule has 5 nitrogen and oxygen atoms in total. The van der Waals surface area contributed by atoms with Gasteiger partial charge in [-0.1, -0.05) is 0 Å². The molecule has 0 aliphatic heterocycles. The average molecular weight is 258 g/mol. The Bertz CT molecular complexity index is 476. The van der Waals surface area contributed by atoms with Gasteiger partial charge in [-0.2, -0.15) is 4.98 Å². The Balaban J connectivity index is 2.58. The van der Waals surface area contributed by atoms with Gasteiger partial charge in [-0.3, -0.25) is 10.2 Å². The molecule has 0 atom stereocenters. The van der Waals surface area contributed by atoms with Crippen LogP contribution in [0.4, 0.5) is 0 Å². The number of nitrogens with zero attached hydrogens (tertiary/aromatic N) is 3. The van der Waals surface area contributed by atoms with Gasteiger partial charge in [0.2, 0.25) is 4.77 Å². The molecular formula is C6H4BrN5S. The normalized spacial score (nSPS) is 10.2. The predicted molar refractivity (Wildman–Crippen MR) is 52.5 cm³/mol. The molecule has 13 heavy (non-hydrogen) atoms. The number of hydrogen-bond donors (Lipinski definition) is 2. The second-order valence-electron chi connectivity index (χ2n) is 2.23. The first-order chi connectivity index (χ1) is 6.27. The highest BCUT2D eigenvalue weighted by Crippen LogP contribution is 2.20. The molecule has 0 aromatic carbocycles. The number of H-pyrrole nitrogens is 2. The number of nitrogens with one attached hydrogen (secondary N) is 2. The molecule has 0 amide bonds. The van der Waals surface area contributed by atoms with Crippen LogP contribution in [-0.2, 0) is 0 Å². The molecule has 0 aliphatic rings. The zero-order valence-corrected chi connectivity index (χ0v) is 8.69. The van der Waals surface area contributed by atoms with Gasteiger partial charge in [0, 0.05) is 6.20 Å². The Kier molecular flexibility index (Phi) is 2.19. The van der Waals surface area contributed by atoms with Crippen molar-refractivity contribution in [3.63, 3.8) is 0 Å². The standard InChI is InChI=1S/C6H4BrN5S/c7-3-1-8-2-9-4(3)5-10-6(13)12-11-5/h1-2H,(H2,10,11,12,13). The maximum absolute atomic E-state index is 4.82. The predicted octanol–water partition coefficient (Wildman–Crippen LogP) is 1.69. The Morgan fingerprint density at radius 3 is 2.85 bits per heavy atom. The summed E-state index contributed by atoms with van der Waals surface area (Å²) in [5, 5.41) is 5.49. The van der Waals surface area contributed by atoms with E-state index in [0.717, 1.165) is 4.47 Å². The number of aromatic nitrogens is 5. The summed E-state index contributed by atoms with van der Waals surface area (Å²) in [6, 6.07) is 0. The molecule has 0 saturated carbocycles. The van der Waals surface area contributed by atoms with Crippen LogP contribution in [0.15, 0.2) is 17.0 Å². The van der Waals surface area contributed by atoms with Crippen LogP contribution in [0.2, 0.25) is 0 Å². The molecule has 0 aliphatic carbocycles. The van der Waals surface area contributed by atoms with E-state index in [1.165, 1.54) is 6.33 Å². The minimum absolute atomic E-state index is 0.403. The fourth-order valence-electron chi connectivity index (χ4n) is 0.869. The lowest BCUT2D eigenvalue weighted by Crippen LogP contribution is -1.88. The first-order valence-electron chi connectivity index (χ1n) is 3.38. The van der Waals surface area contributed by atoms with Gasteiger partial charge in [0.15, 0.2) is 5.82 Å².